The van der Waals surface area contributed by atoms with Crippen LogP contribution in [0.4, 0.5) is 5.95 Å². The van der Waals surface area contributed by atoms with Gasteiger partial charge in [-0.2, -0.15) is 9.99 Å². The van der Waals surface area contributed by atoms with Gasteiger partial charge in [0.1, 0.15) is 0 Å². The number of nitrogens with zero attached hydrogens (tertiary/aromatic N) is 3. The number of nitrogens with one attached hydrogen (secondary N) is 2. The van der Waals surface area contributed by atoms with Crippen LogP contribution in [0.25, 0.3) is 0 Å². The first-order valence-electron chi connectivity index (χ1n) is 2.87. The van der Waals surface area contributed by atoms with Gasteiger partial charge in [-0.15, -0.1) is 10.5 Å². The molecule has 0 spiro atoms. The molecule has 0 fully saturated rings. The lowest BCUT2D eigenvalue weighted by molar-refractivity contribution is -0.536. The second-order valence-electron chi connectivity index (χ2n) is 1.83. The topological polar surface area (TPSA) is 53.2 Å². The molecule has 5 heteroatoms. The molecule has 2 heterocycles. The zero-order valence-corrected chi connectivity index (χ0v) is 5.15. The molecule has 1 aromatic heterocycles. The largest absolute Gasteiger partial charge is 0.374 e. The van der Waals surface area contributed by atoms with Crippen LogP contribution in [-0.2, 0) is 0 Å². The summed E-state index contributed by atoms with van der Waals surface area (Å²) >= 11 is 0. The van der Waals surface area contributed by atoms with Crippen molar-refractivity contribution < 1.29 is 4.57 Å². The summed E-state index contributed by atoms with van der Waals surface area (Å²) in [4.78, 5) is 4.02. The van der Waals surface area contributed by atoms with Gasteiger partial charge in [-0.3, -0.25) is 0 Å². The van der Waals surface area contributed by atoms with E-state index in [4.69, 9.17) is 0 Å². The Morgan fingerprint density at radius 3 is 3.40 bits per heavy atom. The van der Waals surface area contributed by atoms with E-state index < -0.39 is 0 Å². The summed E-state index contributed by atoms with van der Waals surface area (Å²) in [6, 6.07) is 1.84. The highest BCUT2D eigenvalue weighted by molar-refractivity contribution is 5.47. The number of anilines is 1. The average Bonchev–Trinajstić information content (AvgIpc) is 2.05. The molecular formula is C5H6N5+. The predicted molar refractivity (Wildman–Crippen MR) is 35.1 cm³/mol. The van der Waals surface area contributed by atoms with Crippen molar-refractivity contribution in [2.24, 2.45) is 5.10 Å². The fraction of sp³-hybridized carbons (Fsp3) is 0. The Kier molecular flexibility index (Phi) is 1.00. The standard InChI is InChI=1S/C5H5N5/c1-2-6-5-8-9-7-4-10(5)3-1/h1-4,9H/p+1. The van der Waals surface area contributed by atoms with Crippen molar-refractivity contribution in [1.82, 2.24) is 10.5 Å². The maximum absolute atomic E-state index is 4.02. The zero-order valence-electron chi connectivity index (χ0n) is 5.15. The normalized spacial score (nSPS) is 13.2. The van der Waals surface area contributed by atoms with Crippen LogP contribution in [0, 0.1) is 0 Å². The summed E-state index contributed by atoms with van der Waals surface area (Å²) in [7, 11) is 0. The highest BCUT2D eigenvalue weighted by Gasteiger charge is 2.08. The van der Waals surface area contributed by atoms with Crippen molar-refractivity contribution >= 4 is 12.3 Å². The molecule has 5 nitrogen and oxygen atoms in total. The zero-order chi connectivity index (χ0) is 6.81. The third-order valence-electron chi connectivity index (χ3n) is 1.19. The molecule has 0 atom stereocenters. The molecule has 0 saturated carbocycles. The summed E-state index contributed by atoms with van der Waals surface area (Å²) in [6.45, 7) is 0. The van der Waals surface area contributed by atoms with Gasteiger partial charge < -0.3 is 0 Å². The highest BCUT2D eigenvalue weighted by Crippen LogP contribution is 1.89. The van der Waals surface area contributed by atoms with Gasteiger partial charge >= 0.3 is 5.95 Å². The van der Waals surface area contributed by atoms with Crippen LogP contribution in [0.2, 0.25) is 0 Å². The summed E-state index contributed by atoms with van der Waals surface area (Å²) in [6.07, 6.45) is 5.21. The minimum atomic E-state index is 0.734. The Balaban J connectivity index is 2.54. The number of hydrogen-bond donors (Lipinski definition) is 2. The third kappa shape index (κ3) is 0.680. The van der Waals surface area contributed by atoms with E-state index >= 15 is 0 Å². The van der Waals surface area contributed by atoms with Crippen LogP contribution in [0.3, 0.4) is 0 Å². The first-order chi connectivity index (χ1) is 4.97. The third-order valence-corrected chi connectivity index (χ3v) is 1.19. The number of fused-ring (bicyclic) bond motifs is 1. The fourth-order valence-corrected chi connectivity index (χ4v) is 0.745. The van der Waals surface area contributed by atoms with Crippen LogP contribution in [0.15, 0.2) is 23.6 Å². The van der Waals surface area contributed by atoms with Gasteiger partial charge in [0.05, 0.1) is 12.4 Å². The van der Waals surface area contributed by atoms with E-state index in [-0.39, 0.29) is 0 Å². The number of hydrogen-bond acceptors (Lipinski definition) is 4. The van der Waals surface area contributed by atoms with Crippen LogP contribution in [0.1, 0.15) is 0 Å². The number of hydrazine groups is 1. The summed E-state index contributed by atoms with van der Waals surface area (Å²) in [5.41, 5.74) is 5.34. The molecule has 1 aliphatic rings. The highest BCUT2D eigenvalue weighted by atomic mass is 15.6. The van der Waals surface area contributed by atoms with E-state index in [1.165, 1.54) is 0 Å². The molecule has 1 aromatic rings. The van der Waals surface area contributed by atoms with Gasteiger partial charge in [-0.25, -0.2) is 0 Å². The number of hydrazone groups is 1. The molecule has 50 valence electrons. The van der Waals surface area contributed by atoms with E-state index in [2.05, 4.69) is 21.0 Å². The molecule has 0 aliphatic carbocycles. The van der Waals surface area contributed by atoms with Crippen LogP contribution in [0.5, 0.6) is 0 Å². The molecule has 2 N–H and O–H groups in total. The van der Waals surface area contributed by atoms with Gasteiger partial charge in [-0.1, -0.05) is 0 Å². The van der Waals surface area contributed by atoms with E-state index in [9.17, 15) is 0 Å². The predicted octanol–water partition coefficient (Wildman–Crippen LogP) is -0.909. The van der Waals surface area contributed by atoms with Gasteiger partial charge in [0.15, 0.2) is 0 Å². The summed E-state index contributed by atoms with van der Waals surface area (Å²) in [5.74, 6) is 0.734. The van der Waals surface area contributed by atoms with Crippen LogP contribution >= 0.6 is 0 Å². The van der Waals surface area contributed by atoms with Gasteiger partial charge in [0.2, 0.25) is 6.34 Å². The van der Waals surface area contributed by atoms with Crippen molar-refractivity contribution in [2.45, 2.75) is 0 Å². The fourth-order valence-electron chi connectivity index (χ4n) is 0.745. The molecule has 1 aliphatic heterocycles. The molecule has 0 bridgehead atoms. The smallest absolute Gasteiger partial charge is 0.199 e. The Hall–Kier alpha value is -1.65. The first kappa shape index (κ1) is 5.16. The Labute approximate surface area is 57.4 Å². The average molecular weight is 136 g/mol. The molecule has 2 rings (SSSR count). The van der Waals surface area contributed by atoms with Crippen LogP contribution in [-0.4, -0.2) is 11.3 Å². The van der Waals surface area contributed by atoms with Crippen molar-refractivity contribution in [3.63, 3.8) is 0 Å². The Morgan fingerprint density at radius 2 is 2.50 bits per heavy atom. The van der Waals surface area contributed by atoms with Gasteiger partial charge in [-0.05, 0) is 11.2 Å². The molecule has 0 amide bonds. The second-order valence-corrected chi connectivity index (χ2v) is 1.83. The summed E-state index contributed by atoms with van der Waals surface area (Å²) in [5, 5.41) is 3.76. The molecule has 0 saturated heterocycles. The maximum atomic E-state index is 4.02. The Bertz CT molecular complexity index is 268. The lowest BCUT2D eigenvalue weighted by atomic mass is 10.6. The van der Waals surface area contributed by atoms with E-state index in [0.717, 1.165) is 5.95 Å². The SMILES string of the molecule is C1=NNNc2nccc[n+]21. The number of aromatic nitrogens is 2. The lowest BCUT2D eigenvalue weighted by Crippen LogP contribution is -2.44. The lowest BCUT2D eigenvalue weighted by Gasteiger charge is -2.03. The molecule has 0 radical (unpaired) electrons. The number of rotatable bonds is 0. The van der Waals surface area contributed by atoms with E-state index in [1.807, 2.05) is 12.3 Å². The molecule has 0 unspecified atom stereocenters. The van der Waals surface area contributed by atoms with Crippen LogP contribution < -0.4 is 15.5 Å². The van der Waals surface area contributed by atoms with Crippen molar-refractivity contribution in [1.29, 1.82) is 0 Å². The maximum Gasteiger partial charge on any atom is 0.374 e. The van der Waals surface area contributed by atoms with Crippen molar-refractivity contribution in [2.75, 3.05) is 5.43 Å². The van der Waals surface area contributed by atoms with E-state index in [0.29, 0.717) is 0 Å². The Morgan fingerprint density at radius 1 is 1.50 bits per heavy atom. The van der Waals surface area contributed by atoms with Crippen molar-refractivity contribution in [3.05, 3.63) is 18.5 Å². The minimum absolute atomic E-state index is 0.734. The summed E-state index contributed by atoms with van der Waals surface area (Å²) < 4.78 is 1.77. The van der Waals surface area contributed by atoms with E-state index in [1.54, 1.807) is 17.1 Å². The monoisotopic (exact) mass is 136 g/mol. The minimum Gasteiger partial charge on any atom is -0.199 e. The second kappa shape index (κ2) is 1.94. The first-order valence-corrected chi connectivity index (χ1v) is 2.87. The van der Waals surface area contributed by atoms with Gasteiger partial charge in [0.25, 0.3) is 0 Å². The molecule has 0 aromatic carbocycles. The molecular weight excluding hydrogens is 130 g/mol. The quantitative estimate of drug-likeness (QED) is 0.454. The molecule has 10 heavy (non-hydrogen) atoms. The van der Waals surface area contributed by atoms with Gasteiger partial charge in [0, 0.05) is 0 Å². The van der Waals surface area contributed by atoms with Crippen molar-refractivity contribution in [3.8, 4) is 0 Å².